The zero-order chi connectivity index (χ0) is 23.5. The highest BCUT2D eigenvalue weighted by atomic mass is 35.5. The number of nitrogens with one attached hydrogen (secondary N) is 1. The fourth-order valence-electron chi connectivity index (χ4n) is 2.59. The normalized spacial score (nSPS) is 11.4. The molecule has 1 N–H and O–H groups in total. The lowest BCUT2D eigenvalue weighted by molar-refractivity contribution is 0.0981. The molecule has 0 spiro atoms. The molecule has 0 saturated carbocycles. The molecule has 0 aliphatic carbocycles. The Labute approximate surface area is 188 Å². The van der Waals surface area contributed by atoms with Gasteiger partial charge in [0.2, 0.25) is 5.95 Å². The number of amides is 1. The number of rotatable bonds is 7. The van der Waals surface area contributed by atoms with Gasteiger partial charge >= 0.3 is 0 Å². The van der Waals surface area contributed by atoms with Crippen LogP contribution in [0.25, 0.3) is 11.3 Å². The Balaban J connectivity index is 1.84. The minimum atomic E-state index is -4.44. The molecule has 3 rings (SSSR count). The molecular weight excluding hydrogens is 464 g/mol. The molecular formula is C21H18ClF2N3O4S. The third kappa shape index (κ3) is 5.77. The van der Waals surface area contributed by atoms with E-state index in [2.05, 4.69) is 9.97 Å². The number of nitrogens with zero attached hydrogens (tertiary/aromatic N) is 2. The number of benzene rings is 1. The maximum Gasteiger partial charge on any atom is 0.281 e. The summed E-state index contributed by atoms with van der Waals surface area (Å²) in [5.41, 5.74) is 0.354. The molecule has 3 aromatic rings. The van der Waals surface area contributed by atoms with Crippen molar-refractivity contribution in [3.63, 3.8) is 0 Å². The van der Waals surface area contributed by atoms with Crippen molar-refractivity contribution in [2.24, 2.45) is 5.92 Å². The average molecular weight is 482 g/mol. The van der Waals surface area contributed by atoms with Crippen molar-refractivity contribution in [1.29, 1.82) is 0 Å². The van der Waals surface area contributed by atoms with Crippen LogP contribution in [0.5, 0.6) is 5.75 Å². The van der Waals surface area contributed by atoms with Gasteiger partial charge in [0.15, 0.2) is 5.03 Å². The van der Waals surface area contributed by atoms with Crippen molar-refractivity contribution >= 4 is 27.5 Å². The van der Waals surface area contributed by atoms with Gasteiger partial charge in [-0.1, -0.05) is 31.5 Å². The highest BCUT2D eigenvalue weighted by molar-refractivity contribution is 7.90. The summed E-state index contributed by atoms with van der Waals surface area (Å²) < 4.78 is 59.1. The molecule has 0 saturated heterocycles. The van der Waals surface area contributed by atoms with Gasteiger partial charge in [0.25, 0.3) is 15.9 Å². The maximum absolute atomic E-state index is 14.0. The minimum absolute atomic E-state index is 0.242. The third-order valence-corrected chi connectivity index (χ3v) is 5.56. The maximum atomic E-state index is 14.0. The Hall–Kier alpha value is -3.11. The Kier molecular flexibility index (Phi) is 7.05. The van der Waals surface area contributed by atoms with Crippen LogP contribution in [-0.4, -0.2) is 30.9 Å². The summed E-state index contributed by atoms with van der Waals surface area (Å²) >= 11 is 6.09. The van der Waals surface area contributed by atoms with Crippen molar-refractivity contribution < 1.29 is 26.7 Å². The Bertz CT molecular complexity index is 1270. The van der Waals surface area contributed by atoms with E-state index in [0.717, 1.165) is 18.2 Å². The molecule has 0 radical (unpaired) electrons. The monoisotopic (exact) mass is 481 g/mol. The van der Waals surface area contributed by atoms with Crippen LogP contribution in [0.3, 0.4) is 0 Å². The largest absolute Gasteiger partial charge is 0.493 e. The first kappa shape index (κ1) is 23.6. The topological polar surface area (TPSA) is 98.2 Å². The quantitative estimate of drug-likeness (QED) is 0.507. The average Bonchev–Trinajstić information content (AvgIpc) is 2.71. The van der Waals surface area contributed by atoms with Gasteiger partial charge in [0.05, 0.1) is 17.9 Å². The fraction of sp³-hybridized carbons (Fsp3) is 0.190. The van der Waals surface area contributed by atoms with Crippen molar-refractivity contribution in [3.8, 4) is 17.0 Å². The number of carbonyl (C=O) groups is 1. The predicted molar refractivity (Wildman–Crippen MR) is 114 cm³/mol. The van der Waals surface area contributed by atoms with E-state index in [1.165, 1.54) is 24.3 Å². The number of pyridine rings is 2. The molecule has 32 heavy (non-hydrogen) atoms. The van der Waals surface area contributed by atoms with Gasteiger partial charge < -0.3 is 4.74 Å². The van der Waals surface area contributed by atoms with Crippen LogP contribution in [0, 0.1) is 17.7 Å². The summed E-state index contributed by atoms with van der Waals surface area (Å²) in [6.45, 7) is 4.30. The second kappa shape index (κ2) is 9.58. The predicted octanol–water partition coefficient (Wildman–Crippen LogP) is 4.23. The van der Waals surface area contributed by atoms with Crippen LogP contribution in [0.15, 0.2) is 53.6 Å². The number of hydrogen-bond acceptors (Lipinski definition) is 6. The van der Waals surface area contributed by atoms with Gasteiger partial charge in [-0.05, 0) is 42.3 Å². The number of sulfonamides is 1. The molecule has 0 fully saturated rings. The van der Waals surface area contributed by atoms with E-state index < -0.39 is 32.7 Å². The minimum Gasteiger partial charge on any atom is -0.493 e. The highest BCUT2D eigenvalue weighted by Crippen LogP contribution is 2.27. The van der Waals surface area contributed by atoms with Gasteiger partial charge in [0.1, 0.15) is 16.7 Å². The summed E-state index contributed by atoms with van der Waals surface area (Å²) in [5.74, 6) is -2.10. The van der Waals surface area contributed by atoms with Gasteiger partial charge in [-0.25, -0.2) is 19.1 Å². The number of halogens is 3. The van der Waals surface area contributed by atoms with Gasteiger partial charge in [0, 0.05) is 11.6 Å². The van der Waals surface area contributed by atoms with Crippen LogP contribution in [0.2, 0.25) is 5.15 Å². The molecule has 11 heteroatoms. The number of ether oxygens (including phenoxy) is 1. The van der Waals surface area contributed by atoms with Gasteiger partial charge in [-0.15, -0.1) is 0 Å². The van der Waals surface area contributed by atoms with Gasteiger partial charge in [-0.2, -0.15) is 12.8 Å². The van der Waals surface area contributed by atoms with E-state index in [9.17, 15) is 22.0 Å². The molecule has 1 aromatic carbocycles. The van der Waals surface area contributed by atoms with E-state index in [1.807, 2.05) is 13.8 Å². The lowest BCUT2D eigenvalue weighted by Crippen LogP contribution is -2.31. The lowest BCUT2D eigenvalue weighted by Gasteiger charge is -2.11. The zero-order valence-electron chi connectivity index (χ0n) is 17.0. The Morgan fingerprint density at radius 1 is 1.12 bits per heavy atom. The standard InChI is InChI=1S/C21H18ClF2N3O4S/c1-12(2)11-31-15-9-13(8-14(23)10-15)17-7-6-16(20(22)25-17)21(28)27-32(29,30)19-5-3-4-18(24)26-19/h3-10,12H,11H2,1-2H3,(H,27,28). The van der Waals surface area contributed by atoms with Crippen LogP contribution < -0.4 is 9.46 Å². The molecule has 0 bridgehead atoms. The smallest absolute Gasteiger partial charge is 0.281 e. The molecule has 168 valence electrons. The molecule has 1 amide bonds. The number of hydrogen-bond donors (Lipinski definition) is 1. The first-order valence-corrected chi connectivity index (χ1v) is 11.2. The summed E-state index contributed by atoms with van der Waals surface area (Å²) in [5, 5.41) is -0.975. The van der Waals surface area contributed by atoms with E-state index in [-0.39, 0.29) is 22.3 Å². The van der Waals surface area contributed by atoms with Crippen LogP contribution >= 0.6 is 11.6 Å². The lowest BCUT2D eigenvalue weighted by atomic mass is 10.1. The van der Waals surface area contributed by atoms with E-state index in [4.69, 9.17) is 16.3 Å². The van der Waals surface area contributed by atoms with E-state index in [0.29, 0.717) is 17.9 Å². The highest BCUT2D eigenvalue weighted by Gasteiger charge is 2.23. The molecule has 0 aliphatic heterocycles. The zero-order valence-corrected chi connectivity index (χ0v) is 18.5. The summed E-state index contributed by atoms with van der Waals surface area (Å²) in [6, 6.07) is 9.80. The molecule has 2 heterocycles. The number of aromatic nitrogens is 2. The van der Waals surface area contributed by atoms with Crippen molar-refractivity contribution in [2.75, 3.05) is 6.61 Å². The molecule has 7 nitrogen and oxygen atoms in total. The molecule has 2 aromatic heterocycles. The number of carbonyl (C=O) groups excluding carboxylic acids is 1. The Morgan fingerprint density at radius 2 is 1.88 bits per heavy atom. The second-order valence-electron chi connectivity index (χ2n) is 7.15. The fourth-order valence-corrected chi connectivity index (χ4v) is 3.75. The van der Waals surface area contributed by atoms with Crippen molar-refractivity contribution in [3.05, 3.63) is 71.0 Å². The summed E-state index contributed by atoms with van der Waals surface area (Å²) in [6.07, 6.45) is 0. The van der Waals surface area contributed by atoms with Gasteiger partial charge in [-0.3, -0.25) is 4.79 Å². The van der Waals surface area contributed by atoms with Crippen LogP contribution in [-0.2, 0) is 10.0 Å². The SMILES string of the molecule is CC(C)COc1cc(F)cc(-c2ccc(C(=O)NS(=O)(=O)c3cccc(F)n3)c(Cl)n2)c1. The van der Waals surface area contributed by atoms with E-state index >= 15 is 0 Å². The third-order valence-electron chi connectivity index (χ3n) is 4.04. The Morgan fingerprint density at radius 3 is 2.53 bits per heavy atom. The van der Waals surface area contributed by atoms with Crippen molar-refractivity contribution in [2.45, 2.75) is 18.9 Å². The first-order chi connectivity index (χ1) is 15.0. The van der Waals surface area contributed by atoms with Crippen LogP contribution in [0.4, 0.5) is 8.78 Å². The summed E-state index contributed by atoms with van der Waals surface area (Å²) in [4.78, 5) is 19.7. The molecule has 0 atom stereocenters. The summed E-state index contributed by atoms with van der Waals surface area (Å²) in [7, 11) is -4.44. The van der Waals surface area contributed by atoms with Crippen molar-refractivity contribution in [1.82, 2.24) is 14.7 Å². The first-order valence-electron chi connectivity index (χ1n) is 9.35. The molecule has 0 aliphatic rings. The molecule has 0 unspecified atom stereocenters. The second-order valence-corrected chi connectivity index (χ2v) is 9.14. The van der Waals surface area contributed by atoms with E-state index in [1.54, 1.807) is 10.8 Å². The van der Waals surface area contributed by atoms with Crippen LogP contribution in [0.1, 0.15) is 24.2 Å².